The van der Waals surface area contributed by atoms with Crippen molar-refractivity contribution in [2.24, 2.45) is 0 Å². The number of nitrogens with zero attached hydrogens (tertiary/aromatic N) is 2. The Bertz CT molecular complexity index is 926. The van der Waals surface area contributed by atoms with Gasteiger partial charge in [-0.15, -0.1) is 0 Å². The molecule has 132 valence electrons. The van der Waals surface area contributed by atoms with Crippen LogP contribution in [-0.4, -0.2) is 15.5 Å². The van der Waals surface area contributed by atoms with Crippen LogP contribution in [0.5, 0.6) is 0 Å². The van der Waals surface area contributed by atoms with Crippen LogP contribution in [0.3, 0.4) is 0 Å². The number of hydrogen-bond acceptors (Lipinski definition) is 2. The van der Waals surface area contributed by atoms with Crippen molar-refractivity contribution in [3.05, 3.63) is 87.9 Å². The van der Waals surface area contributed by atoms with Gasteiger partial charge in [-0.2, -0.15) is 0 Å². The van der Waals surface area contributed by atoms with Gasteiger partial charge in [-0.3, -0.25) is 4.79 Å². The van der Waals surface area contributed by atoms with Crippen LogP contribution in [0.2, 0.25) is 10.0 Å². The molecule has 0 radical (unpaired) electrons. The van der Waals surface area contributed by atoms with Gasteiger partial charge in [0.2, 0.25) is 5.91 Å². The van der Waals surface area contributed by atoms with Crippen LogP contribution in [0.1, 0.15) is 17.0 Å². The van der Waals surface area contributed by atoms with Crippen LogP contribution in [0.25, 0.3) is 6.08 Å². The molecule has 0 fully saturated rings. The Morgan fingerprint density at radius 3 is 2.46 bits per heavy atom. The van der Waals surface area contributed by atoms with Crippen LogP contribution in [-0.2, 0) is 11.3 Å². The fraction of sp³-hybridized carbons (Fsp3) is 0.100. The number of aromatic nitrogens is 2. The Morgan fingerprint density at radius 2 is 1.85 bits per heavy atom. The first-order chi connectivity index (χ1) is 12.5. The van der Waals surface area contributed by atoms with Crippen LogP contribution in [0.4, 0.5) is 5.69 Å². The lowest BCUT2D eigenvalue weighted by atomic mass is 10.2. The molecule has 0 atom stereocenters. The van der Waals surface area contributed by atoms with E-state index < -0.39 is 0 Å². The molecule has 3 rings (SSSR count). The van der Waals surface area contributed by atoms with Gasteiger partial charge in [0.15, 0.2) is 0 Å². The summed E-state index contributed by atoms with van der Waals surface area (Å²) in [7, 11) is 0. The zero-order chi connectivity index (χ0) is 18.5. The molecule has 0 saturated heterocycles. The van der Waals surface area contributed by atoms with E-state index >= 15 is 0 Å². The third-order valence-corrected chi connectivity index (χ3v) is 4.56. The van der Waals surface area contributed by atoms with Crippen LogP contribution < -0.4 is 5.32 Å². The van der Waals surface area contributed by atoms with Crippen molar-refractivity contribution in [3.8, 4) is 0 Å². The first-order valence-electron chi connectivity index (χ1n) is 8.02. The second-order valence-corrected chi connectivity index (χ2v) is 6.57. The highest BCUT2D eigenvalue weighted by atomic mass is 35.5. The molecule has 26 heavy (non-hydrogen) atoms. The number of nitrogens with one attached hydrogen (secondary N) is 1. The smallest absolute Gasteiger partial charge is 0.248 e. The number of imidazole rings is 1. The Labute approximate surface area is 162 Å². The fourth-order valence-corrected chi connectivity index (χ4v) is 3.00. The van der Waals surface area contributed by atoms with Gasteiger partial charge in [-0.1, -0.05) is 41.4 Å². The summed E-state index contributed by atoms with van der Waals surface area (Å²) in [5, 5.41) is 3.82. The Balaban J connectivity index is 1.63. The van der Waals surface area contributed by atoms with Crippen molar-refractivity contribution < 1.29 is 4.79 Å². The highest BCUT2D eigenvalue weighted by molar-refractivity contribution is 6.37. The lowest BCUT2D eigenvalue weighted by molar-refractivity contribution is -0.111. The molecular formula is C20H17Cl2N3O. The third kappa shape index (κ3) is 4.54. The highest BCUT2D eigenvalue weighted by Gasteiger charge is 2.04. The summed E-state index contributed by atoms with van der Waals surface area (Å²) in [6.45, 7) is 2.71. The molecule has 0 bridgehead atoms. The lowest BCUT2D eigenvalue weighted by Crippen LogP contribution is -2.08. The minimum absolute atomic E-state index is 0.251. The van der Waals surface area contributed by atoms with Gasteiger partial charge in [0, 0.05) is 46.3 Å². The maximum atomic E-state index is 12.1. The number of carbonyl (C=O) groups excluding carboxylic acids is 1. The summed E-state index contributed by atoms with van der Waals surface area (Å²) in [5.74, 6) is 0.713. The van der Waals surface area contributed by atoms with Gasteiger partial charge in [0.1, 0.15) is 5.82 Å². The maximum absolute atomic E-state index is 12.1. The first kappa shape index (κ1) is 18.2. The molecule has 1 heterocycles. The second-order valence-electron chi connectivity index (χ2n) is 5.76. The van der Waals surface area contributed by atoms with Gasteiger partial charge in [0.05, 0.1) is 0 Å². The summed E-state index contributed by atoms with van der Waals surface area (Å²) in [5.41, 5.74) is 2.47. The molecule has 0 aliphatic carbocycles. The van der Waals surface area contributed by atoms with Gasteiger partial charge in [0.25, 0.3) is 0 Å². The lowest BCUT2D eigenvalue weighted by Gasteiger charge is -2.07. The predicted octanol–water partition coefficient (Wildman–Crippen LogP) is 5.20. The first-order valence-corrected chi connectivity index (χ1v) is 8.78. The topological polar surface area (TPSA) is 46.9 Å². The van der Waals surface area contributed by atoms with E-state index in [1.165, 1.54) is 6.08 Å². The minimum atomic E-state index is -0.251. The van der Waals surface area contributed by atoms with Crippen molar-refractivity contribution in [1.82, 2.24) is 9.55 Å². The molecule has 2 aromatic carbocycles. The van der Waals surface area contributed by atoms with Crippen LogP contribution >= 0.6 is 23.2 Å². The molecule has 0 aliphatic heterocycles. The maximum Gasteiger partial charge on any atom is 0.248 e. The molecule has 1 aromatic heterocycles. The van der Waals surface area contributed by atoms with E-state index in [0.717, 1.165) is 23.6 Å². The van der Waals surface area contributed by atoms with Gasteiger partial charge >= 0.3 is 0 Å². The Morgan fingerprint density at radius 1 is 1.15 bits per heavy atom. The standard InChI is InChI=1S/C20H17Cl2N3O/c1-14-23-11-12-25(14)13-15-5-7-16(8-6-15)24-20(26)10-9-17-18(21)3-2-4-19(17)22/h2-12H,13H2,1H3,(H,24,26)/b10-9+. The zero-order valence-corrected chi connectivity index (χ0v) is 15.6. The Kier molecular flexibility index (Phi) is 5.76. The summed E-state index contributed by atoms with van der Waals surface area (Å²) >= 11 is 12.2. The zero-order valence-electron chi connectivity index (χ0n) is 14.1. The van der Waals surface area contributed by atoms with Gasteiger partial charge in [-0.25, -0.2) is 4.98 Å². The normalized spacial score (nSPS) is 11.0. The molecule has 1 N–H and O–H groups in total. The van der Waals surface area contributed by atoms with Crippen molar-refractivity contribution in [1.29, 1.82) is 0 Å². The largest absolute Gasteiger partial charge is 0.331 e. The molecule has 1 amide bonds. The van der Waals surface area contributed by atoms with E-state index in [2.05, 4.69) is 14.9 Å². The minimum Gasteiger partial charge on any atom is -0.331 e. The summed E-state index contributed by atoms with van der Waals surface area (Å²) < 4.78 is 2.06. The molecule has 0 saturated carbocycles. The van der Waals surface area contributed by atoms with E-state index in [1.54, 1.807) is 30.5 Å². The Hall–Kier alpha value is -2.56. The van der Waals surface area contributed by atoms with E-state index in [-0.39, 0.29) is 5.91 Å². The summed E-state index contributed by atoms with van der Waals surface area (Å²) in [6.07, 6.45) is 6.74. The molecule has 0 unspecified atom stereocenters. The second kappa shape index (κ2) is 8.21. The van der Waals surface area contributed by atoms with E-state index in [0.29, 0.717) is 15.6 Å². The summed E-state index contributed by atoms with van der Waals surface area (Å²) in [6, 6.07) is 12.9. The molecule has 3 aromatic rings. The summed E-state index contributed by atoms with van der Waals surface area (Å²) in [4.78, 5) is 16.3. The molecular weight excluding hydrogens is 369 g/mol. The fourth-order valence-electron chi connectivity index (χ4n) is 2.47. The monoisotopic (exact) mass is 385 g/mol. The average molecular weight is 386 g/mol. The van der Waals surface area contributed by atoms with Crippen molar-refractivity contribution in [3.63, 3.8) is 0 Å². The van der Waals surface area contributed by atoms with Crippen molar-refractivity contribution >= 4 is 40.9 Å². The van der Waals surface area contributed by atoms with Crippen LogP contribution in [0, 0.1) is 6.92 Å². The van der Waals surface area contributed by atoms with E-state index in [4.69, 9.17) is 23.2 Å². The number of anilines is 1. The molecule has 4 nitrogen and oxygen atoms in total. The number of amides is 1. The van der Waals surface area contributed by atoms with Crippen molar-refractivity contribution in [2.75, 3.05) is 5.32 Å². The number of rotatable bonds is 5. The number of halogens is 2. The highest BCUT2D eigenvalue weighted by Crippen LogP contribution is 2.25. The third-order valence-electron chi connectivity index (χ3n) is 3.90. The van der Waals surface area contributed by atoms with Crippen LogP contribution in [0.15, 0.2) is 60.9 Å². The number of aryl methyl sites for hydroxylation is 1. The van der Waals surface area contributed by atoms with E-state index in [1.807, 2.05) is 37.4 Å². The quantitative estimate of drug-likeness (QED) is 0.613. The number of carbonyl (C=O) groups is 1. The predicted molar refractivity (Wildman–Crippen MR) is 107 cm³/mol. The van der Waals surface area contributed by atoms with E-state index in [9.17, 15) is 4.79 Å². The molecule has 0 spiro atoms. The van der Waals surface area contributed by atoms with Gasteiger partial charge in [-0.05, 0) is 42.8 Å². The number of benzene rings is 2. The van der Waals surface area contributed by atoms with Crippen molar-refractivity contribution in [2.45, 2.75) is 13.5 Å². The average Bonchev–Trinajstić information content (AvgIpc) is 3.01. The SMILES string of the molecule is Cc1nccn1Cc1ccc(NC(=O)/C=C/c2c(Cl)cccc2Cl)cc1. The molecule has 0 aliphatic rings. The number of hydrogen-bond donors (Lipinski definition) is 1. The molecule has 6 heteroatoms. The van der Waals surface area contributed by atoms with Gasteiger partial charge < -0.3 is 9.88 Å².